The number of thiophene rings is 1. The summed E-state index contributed by atoms with van der Waals surface area (Å²) >= 11 is 4.96. The van der Waals surface area contributed by atoms with Gasteiger partial charge in [0.05, 0.1) is 10.9 Å². The second kappa shape index (κ2) is 6.93. The predicted octanol–water partition coefficient (Wildman–Crippen LogP) is 4.61. The van der Waals surface area contributed by atoms with Crippen molar-refractivity contribution in [2.24, 2.45) is 0 Å². The highest BCUT2D eigenvalue weighted by Gasteiger charge is 2.08. The number of hydrogen-bond donors (Lipinski definition) is 1. The molecule has 23 heavy (non-hydrogen) atoms. The van der Waals surface area contributed by atoms with Crippen molar-refractivity contribution in [1.29, 1.82) is 0 Å². The highest BCUT2D eigenvalue weighted by molar-refractivity contribution is 9.10. The monoisotopic (exact) mass is 388 g/mol. The molecule has 6 heteroatoms. The van der Waals surface area contributed by atoms with Crippen LogP contribution >= 0.6 is 27.3 Å². The van der Waals surface area contributed by atoms with E-state index in [0.717, 1.165) is 25.2 Å². The molecule has 1 N–H and O–H groups in total. The van der Waals surface area contributed by atoms with Crippen LogP contribution in [0, 0.1) is 0 Å². The Balaban J connectivity index is 1.92. The lowest BCUT2D eigenvalue weighted by molar-refractivity contribution is -0.115. The summed E-state index contributed by atoms with van der Waals surface area (Å²) in [5, 5.41) is 3.53. The van der Waals surface area contributed by atoms with Gasteiger partial charge in [0.2, 0.25) is 5.91 Å². The van der Waals surface area contributed by atoms with Crippen LogP contribution in [0.5, 0.6) is 11.5 Å². The smallest absolute Gasteiger partial charge is 0.243 e. The summed E-state index contributed by atoms with van der Waals surface area (Å²) < 4.78 is 7.94. The number of hydrogen-bond acceptors (Lipinski definition) is 4. The fraction of sp³-hybridized carbons (Fsp3) is 0.0588. The molecule has 0 fully saturated rings. The van der Waals surface area contributed by atoms with Crippen LogP contribution in [0.2, 0.25) is 0 Å². The summed E-state index contributed by atoms with van der Waals surface area (Å²) in [6, 6.07) is 9.63. The molecule has 3 rings (SSSR count). The third-order valence-corrected chi connectivity index (χ3v) is 4.68. The third-order valence-electron chi connectivity index (χ3n) is 3.12. The number of amides is 1. The van der Waals surface area contributed by atoms with Gasteiger partial charge in [0.25, 0.3) is 0 Å². The molecule has 0 unspecified atom stereocenters. The summed E-state index contributed by atoms with van der Waals surface area (Å²) in [6.07, 6.45) is 6.79. The van der Waals surface area contributed by atoms with E-state index in [2.05, 4.69) is 26.2 Å². The normalized spacial score (nSPS) is 11.0. The van der Waals surface area contributed by atoms with E-state index in [9.17, 15) is 4.79 Å². The van der Waals surface area contributed by atoms with Gasteiger partial charge in [0.15, 0.2) is 5.75 Å². The van der Waals surface area contributed by atoms with Crippen LogP contribution in [0.1, 0.15) is 4.88 Å². The van der Waals surface area contributed by atoms with Crippen molar-refractivity contribution in [3.63, 3.8) is 0 Å². The van der Waals surface area contributed by atoms with E-state index < -0.39 is 0 Å². The maximum absolute atomic E-state index is 11.3. The number of halogens is 1. The van der Waals surface area contributed by atoms with E-state index in [-0.39, 0.29) is 5.91 Å². The molecule has 4 nitrogen and oxygen atoms in total. The van der Waals surface area contributed by atoms with E-state index >= 15 is 0 Å². The number of benzene rings is 1. The Bertz CT molecular complexity index is 872. The summed E-state index contributed by atoms with van der Waals surface area (Å²) in [5.74, 6) is 1.31. The van der Waals surface area contributed by atoms with Crippen LogP contribution < -0.4 is 10.1 Å². The van der Waals surface area contributed by atoms with Crippen molar-refractivity contribution in [3.8, 4) is 11.5 Å². The zero-order valence-corrected chi connectivity index (χ0v) is 14.6. The topological polar surface area (TPSA) is 51.2 Å². The molecule has 116 valence electrons. The molecule has 0 aliphatic rings. The summed E-state index contributed by atoms with van der Waals surface area (Å²) in [5.41, 5.74) is 0. The van der Waals surface area contributed by atoms with Gasteiger partial charge in [0, 0.05) is 34.1 Å². The van der Waals surface area contributed by atoms with Crippen molar-refractivity contribution in [2.45, 2.75) is 0 Å². The number of aromatic nitrogens is 1. The molecule has 0 aliphatic carbocycles. The Morgan fingerprint density at radius 1 is 1.30 bits per heavy atom. The molecule has 0 saturated carbocycles. The lowest BCUT2D eigenvalue weighted by Crippen LogP contribution is -2.13. The van der Waals surface area contributed by atoms with E-state index in [0.29, 0.717) is 5.75 Å². The van der Waals surface area contributed by atoms with Crippen LogP contribution in [-0.4, -0.2) is 17.9 Å². The molecular formula is C17H13BrN2O2S. The number of fused-ring (bicyclic) bond motifs is 1. The molecule has 2 aromatic heterocycles. The van der Waals surface area contributed by atoms with Gasteiger partial charge < -0.3 is 10.1 Å². The SMILES string of the molecule is CNC(=O)C=Cc1cc2c(Oc3ccc(Br)cc3)cncc2s1. The molecule has 0 saturated heterocycles. The van der Waals surface area contributed by atoms with Gasteiger partial charge in [-0.3, -0.25) is 9.78 Å². The first-order valence-electron chi connectivity index (χ1n) is 6.86. The van der Waals surface area contributed by atoms with E-state index in [1.54, 1.807) is 36.9 Å². The number of ether oxygens (including phenoxy) is 1. The van der Waals surface area contributed by atoms with Gasteiger partial charge in [-0.05, 0) is 36.4 Å². The Morgan fingerprint density at radius 2 is 2.09 bits per heavy atom. The average Bonchev–Trinajstić information content (AvgIpc) is 2.99. The maximum Gasteiger partial charge on any atom is 0.243 e. The van der Waals surface area contributed by atoms with E-state index in [4.69, 9.17) is 4.74 Å². The van der Waals surface area contributed by atoms with Crippen LogP contribution in [0.3, 0.4) is 0 Å². The fourth-order valence-electron chi connectivity index (χ4n) is 1.99. The highest BCUT2D eigenvalue weighted by Crippen LogP contribution is 2.35. The lowest BCUT2D eigenvalue weighted by atomic mass is 10.2. The van der Waals surface area contributed by atoms with Crippen molar-refractivity contribution < 1.29 is 9.53 Å². The Hall–Kier alpha value is -2.18. The zero-order chi connectivity index (χ0) is 16.2. The lowest BCUT2D eigenvalue weighted by Gasteiger charge is -2.06. The maximum atomic E-state index is 11.3. The third kappa shape index (κ3) is 3.78. The van der Waals surface area contributed by atoms with E-state index in [1.165, 1.54) is 6.08 Å². The predicted molar refractivity (Wildman–Crippen MR) is 96.9 cm³/mol. The molecule has 3 aromatic rings. The molecule has 0 spiro atoms. The minimum atomic E-state index is -0.132. The number of carbonyl (C=O) groups is 1. The first-order valence-corrected chi connectivity index (χ1v) is 8.47. The first-order chi connectivity index (χ1) is 11.2. The summed E-state index contributed by atoms with van der Waals surface area (Å²) in [6.45, 7) is 0. The van der Waals surface area contributed by atoms with Gasteiger partial charge >= 0.3 is 0 Å². The van der Waals surface area contributed by atoms with Crippen LogP contribution in [0.15, 0.2) is 53.3 Å². The molecular weight excluding hydrogens is 376 g/mol. The van der Waals surface area contributed by atoms with Crippen molar-refractivity contribution >= 4 is 49.3 Å². The molecule has 2 heterocycles. The number of nitrogens with zero attached hydrogens (tertiary/aromatic N) is 1. The highest BCUT2D eigenvalue weighted by atomic mass is 79.9. The minimum absolute atomic E-state index is 0.132. The second-order valence-electron chi connectivity index (χ2n) is 4.70. The van der Waals surface area contributed by atoms with Gasteiger partial charge in [-0.25, -0.2) is 0 Å². The van der Waals surface area contributed by atoms with Gasteiger partial charge in [0.1, 0.15) is 5.75 Å². The Labute approximate surface area is 145 Å². The number of pyridine rings is 1. The quantitative estimate of drug-likeness (QED) is 0.663. The van der Waals surface area contributed by atoms with Crippen molar-refractivity contribution in [3.05, 3.63) is 58.2 Å². The number of carbonyl (C=O) groups excluding carboxylic acids is 1. The van der Waals surface area contributed by atoms with Gasteiger partial charge in [-0.2, -0.15) is 0 Å². The van der Waals surface area contributed by atoms with Crippen LogP contribution in [-0.2, 0) is 4.79 Å². The largest absolute Gasteiger partial charge is 0.455 e. The van der Waals surface area contributed by atoms with Gasteiger partial charge in [-0.15, -0.1) is 11.3 Å². The van der Waals surface area contributed by atoms with Crippen LogP contribution in [0.25, 0.3) is 16.2 Å². The Morgan fingerprint density at radius 3 is 2.83 bits per heavy atom. The number of rotatable bonds is 4. The number of likely N-dealkylation sites (N-methyl/N-ethyl adjacent to an activating group) is 1. The zero-order valence-electron chi connectivity index (χ0n) is 12.2. The summed E-state index contributed by atoms with van der Waals surface area (Å²) in [7, 11) is 1.60. The van der Waals surface area contributed by atoms with Gasteiger partial charge in [-0.1, -0.05) is 15.9 Å². The molecule has 0 bridgehead atoms. The molecule has 0 radical (unpaired) electrons. The Kier molecular flexibility index (Phi) is 4.73. The summed E-state index contributed by atoms with van der Waals surface area (Å²) in [4.78, 5) is 16.5. The van der Waals surface area contributed by atoms with Crippen LogP contribution in [0.4, 0.5) is 0 Å². The van der Waals surface area contributed by atoms with Crippen molar-refractivity contribution in [1.82, 2.24) is 10.3 Å². The molecule has 0 atom stereocenters. The molecule has 0 aliphatic heterocycles. The second-order valence-corrected chi connectivity index (χ2v) is 6.73. The standard InChI is InChI=1S/C17H13BrN2O2S/c1-19-17(21)7-6-13-8-14-15(9-20-10-16(14)23-13)22-12-4-2-11(18)3-5-12/h2-10H,1H3,(H,19,21). The first kappa shape index (κ1) is 15.7. The molecule has 1 aromatic carbocycles. The van der Waals surface area contributed by atoms with Crippen molar-refractivity contribution in [2.75, 3.05) is 7.05 Å². The molecule has 1 amide bonds. The van der Waals surface area contributed by atoms with E-state index in [1.807, 2.05) is 30.3 Å². The average molecular weight is 389 g/mol. The minimum Gasteiger partial charge on any atom is -0.455 e. The fourth-order valence-corrected chi connectivity index (χ4v) is 3.20. The number of nitrogens with one attached hydrogen (secondary N) is 1.